The molecule has 1 rings (SSSR count). The number of hydrogen-bond donors (Lipinski definition) is 0. The molecular formula is C22H34F2N2O4. The van der Waals surface area contributed by atoms with Crippen molar-refractivity contribution in [1.82, 2.24) is 9.80 Å². The van der Waals surface area contributed by atoms with Crippen LogP contribution in [0.15, 0.2) is 18.2 Å². The van der Waals surface area contributed by atoms with Gasteiger partial charge >= 0.3 is 6.61 Å². The van der Waals surface area contributed by atoms with Crippen molar-refractivity contribution in [2.24, 2.45) is 0 Å². The summed E-state index contributed by atoms with van der Waals surface area (Å²) in [5.74, 6) is 0.191. The van der Waals surface area contributed by atoms with E-state index < -0.39 is 6.61 Å². The van der Waals surface area contributed by atoms with Crippen LogP contribution in [-0.4, -0.2) is 55.0 Å². The van der Waals surface area contributed by atoms with Gasteiger partial charge in [-0.15, -0.1) is 0 Å². The monoisotopic (exact) mass is 428 g/mol. The van der Waals surface area contributed by atoms with E-state index in [1.807, 2.05) is 18.7 Å². The lowest BCUT2D eigenvalue weighted by molar-refractivity contribution is -0.132. The van der Waals surface area contributed by atoms with Crippen molar-refractivity contribution < 1.29 is 27.8 Å². The first-order valence-electron chi connectivity index (χ1n) is 10.5. The quantitative estimate of drug-likeness (QED) is 0.439. The minimum absolute atomic E-state index is 0.0354. The number of amides is 2. The van der Waals surface area contributed by atoms with Gasteiger partial charge in [0.25, 0.3) is 0 Å². The molecule has 0 bridgehead atoms. The topological polar surface area (TPSA) is 59.1 Å². The van der Waals surface area contributed by atoms with Crippen molar-refractivity contribution in [3.8, 4) is 11.5 Å². The van der Waals surface area contributed by atoms with Crippen LogP contribution in [0.1, 0.15) is 58.4 Å². The predicted octanol–water partition coefficient (Wildman–Crippen LogP) is 4.46. The highest BCUT2D eigenvalue weighted by atomic mass is 19.3. The largest absolute Gasteiger partial charge is 0.490 e. The second-order valence-corrected chi connectivity index (χ2v) is 7.08. The zero-order valence-electron chi connectivity index (χ0n) is 18.5. The van der Waals surface area contributed by atoms with Gasteiger partial charge in [-0.3, -0.25) is 9.59 Å². The van der Waals surface area contributed by atoms with Gasteiger partial charge in [-0.25, -0.2) is 0 Å². The number of halogens is 2. The Bertz CT molecular complexity index is 665. The molecule has 0 unspecified atom stereocenters. The molecule has 0 atom stereocenters. The van der Waals surface area contributed by atoms with Gasteiger partial charge in [0, 0.05) is 39.5 Å². The second-order valence-electron chi connectivity index (χ2n) is 7.08. The fourth-order valence-corrected chi connectivity index (χ4v) is 3.12. The number of hydrogen-bond acceptors (Lipinski definition) is 4. The Labute approximate surface area is 178 Å². The lowest BCUT2D eigenvalue weighted by Gasteiger charge is -2.22. The van der Waals surface area contributed by atoms with Gasteiger partial charge in [0.15, 0.2) is 11.5 Å². The van der Waals surface area contributed by atoms with E-state index in [0.717, 1.165) is 31.5 Å². The number of benzene rings is 1. The lowest BCUT2D eigenvalue weighted by atomic mass is 10.1. The summed E-state index contributed by atoms with van der Waals surface area (Å²) in [6.07, 6.45) is 2.96. The van der Waals surface area contributed by atoms with E-state index >= 15 is 0 Å². The first kappa shape index (κ1) is 25.7. The summed E-state index contributed by atoms with van der Waals surface area (Å²) >= 11 is 0. The smallest absolute Gasteiger partial charge is 0.387 e. The molecule has 0 saturated heterocycles. The molecule has 0 radical (unpaired) electrons. The first-order valence-corrected chi connectivity index (χ1v) is 10.5. The predicted molar refractivity (Wildman–Crippen MR) is 112 cm³/mol. The highest BCUT2D eigenvalue weighted by Crippen LogP contribution is 2.30. The highest BCUT2D eigenvalue weighted by Gasteiger charge is 2.16. The van der Waals surface area contributed by atoms with Gasteiger partial charge in [0.05, 0.1) is 6.61 Å². The Balaban J connectivity index is 2.59. The number of rotatable bonds is 14. The summed E-state index contributed by atoms with van der Waals surface area (Å²) < 4.78 is 34.9. The SMILES string of the molecule is CCCN(CCC)C(=O)CCCC(=O)N(C)Cc1ccc(OC(F)F)c(OCC)c1. The van der Waals surface area contributed by atoms with Crippen molar-refractivity contribution in [3.05, 3.63) is 23.8 Å². The Kier molecular flexibility index (Phi) is 11.8. The number of nitrogens with zero attached hydrogens (tertiary/aromatic N) is 2. The van der Waals surface area contributed by atoms with Crippen LogP contribution in [0.2, 0.25) is 0 Å². The molecule has 0 aliphatic rings. The van der Waals surface area contributed by atoms with E-state index in [1.165, 1.54) is 6.07 Å². The lowest BCUT2D eigenvalue weighted by Crippen LogP contribution is -2.32. The molecule has 8 heteroatoms. The van der Waals surface area contributed by atoms with Crippen molar-refractivity contribution in [3.63, 3.8) is 0 Å². The third-order valence-electron chi connectivity index (χ3n) is 4.49. The van der Waals surface area contributed by atoms with Gasteiger partial charge in [0.1, 0.15) is 0 Å². The second kappa shape index (κ2) is 13.8. The van der Waals surface area contributed by atoms with Crippen LogP contribution in [0.5, 0.6) is 11.5 Å². The maximum atomic E-state index is 12.5. The zero-order chi connectivity index (χ0) is 22.5. The van der Waals surface area contributed by atoms with E-state index in [4.69, 9.17) is 4.74 Å². The highest BCUT2D eigenvalue weighted by molar-refractivity contribution is 5.79. The average molecular weight is 429 g/mol. The molecule has 30 heavy (non-hydrogen) atoms. The summed E-state index contributed by atoms with van der Waals surface area (Å²) in [5.41, 5.74) is 0.740. The van der Waals surface area contributed by atoms with Gasteiger partial charge in [-0.2, -0.15) is 8.78 Å². The molecular weight excluding hydrogens is 394 g/mol. The van der Waals surface area contributed by atoms with Crippen molar-refractivity contribution in [2.75, 3.05) is 26.7 Å². The third-order valence-corrected chi connectivity index (χ3v) is 4.49. The third kappa shape index (κ3) is 8.97. The average Bonchev–Trinajstić information content (AvgIpc) is 2.69. The Hall–Kier alpha value is -2.38. The van der Waals surface area contributed by atoms with Gasteiger partial charge in [-0.05, 0) is 43.9 Å². The Morgan fingerprint density at radius 3 is 2.20 bits per heavy atom. The van der Waals surface area contributed by atoms with Crippen LogP contribution in [-0.2, 0) is 16.1 Å². The standard InChI is InChI=1S/C22H34F2N2O4/c1-5-13-26(14-6-2)21(28)10-8-9-20(27)25(4)16-17-11-12-18(30-22(23)24)19(15-17)29-7-3/h11-12,15,22H,5-10,13-14,16H2,1-4H3. The number of carbonyl (C=O) groups excluding carboxylic acids is 2. The summed E-state index contributed by atoms with van der Waals surface area (Å²) in [6, 6.07) is 4.64. The zero-order valence-corrected chi connectivity index (χ0v) is 18.5. The first-order chi connectivity index (χ1) is 14.3. The Morgan fingerprint density at radius 1 is 1.00 bits per heavy atom. The van der Waals surface area contributed by atoms with E-state index in [0.29, 0.717) is 26.0 Å². The van der Waals surface area contributed by atoms with Crippen LogP contribution in [0.25, 0.3) is 0 Å². The van der Waals surface area contributed by atoms with Crippen molar-refractivity contribution in [2.45, 2.75) is 66.0 Å². The molecule has 6 nitrogen and oxygen atoms in total. The Morgan fingerprint density at radius 2 is 1.63 bits per heavy atom. The molecule has 2 amide bonds. The molecule has 0 aliphatic carbocycles. The van der Waals surface area contributed by atoms with Crippen LogP contribution in [0.4, 0.5) is 8.78 Å². The van der Waals surface area contributed by atoms with Crippen molar-refractivity contribution in [1.29, 1.82) is 0 Å². The van der Waals surface area contributed by atoms with Gasteiger partial charge < -0.3 is 19.3 Å². The van der Waals surface area contributed by atoms with Crippen LogP contribution in [0.3, 0.4) is 0 Å². The summed E-state index contributed by atoms with van der Waals surface area (Å²) in [4.78, 5) is 28.1. The number of carbonyl (C=O) groups is 2. The van der Waals surface area contributed by atoms with Crippen LogP contribution in [0, 0.1) is 0 Å². The molecule has 0 N–H and O–H groups in total. The maximum absolute atomic E-state index is 12.5. The molecule has 0 aliphatic heterocycles. The number of alkyl halides is 2. The molecule has 170 valence electrons. The van der Waals surface area contributed by atoms with E-state index in [-0.39, 0.29) is 29.7 Å². The maximum Gasteiger partial charge on any atom is 0.387 e. The minimum Gasteiger partial charge on any atom is -0.490 e. The fraction of sp³-hybridized carbons (Fsp3) is 0.636. The minimum atomic E-state index is -2.94. The summed E-state index contributed by atoms with van der Waals surface area (Å²) in [7, 11) is 1.68. The van der Waals surface area contributed by atoms with Gasteiger partial charge in [-0.1, -0.05) is 19.9 Å². The number of ether oxygens (including phenoxy) is 2. The van der Waals surface area contributed by atoms with Gasteiger partial charge in [0.2, 0.25) is 11.8 Å². The summed E-state index contributed by atoms with van der Waals surface area (Å²) in [5, 5.41) is 0. The van der Waals surface area contributed by atoms with Crippen molar-refractivity contribution >= 4 is 11.8 Å². The van der Waals surface area contributed by atoms with E-state index in [2.05, 4.69) is 4.74 Å². The fourth-order valence-electron chi connectivity index (χ4n) is 3.12. The molecule has 0 heterocycles. The normalized spacial score (nSPS) is 10.8. The van der Waals surface area contributed by atoms with Crippen LogP contribution < -0.4 is 9.47 Å². The van der Waals surface area contributed by atoms with E-state index in [1.54, 1.807) is 31.0 Å². The van der Waals surface area contributed by atoms with Crippen LogP contribution >= 0.6 is 0 Å². The van der Waals surface area contributed by atoms with E-state index in [9.17, 15) is 18.4 Å². The molecule has 1 aromatic rings. The molecule has 0 spiro atoms. The molecule has 0 aromatic heterocycles. The molecule has 0 fully saturated rings. The molecule has 0 saturated carbocycles. The molecule has 1 aromatic carbocycles. The summed E-state index contributed by atoms with van der Waals surface area (Å²) in [6.45, 7) is 4.99.